The molecule has 137 heavy (non-hydrogen) atoms. The van der Waals surface area contributed by atoms with E-state index < -0.39 is 37.2 Å². The normalized spacial score (nSPS) is 13.4. The van der Waals surface area contributed by atoms with Gasteiger partial charge in [-0.1, -0.05) is 149 Å². The zero-order valence-electron chi connectivity index (χ0n) is 75.8. The number of halogens is 7. The first-order valence-electron chi connectivity index (χ1n) is 43.5. The van der Waals surface area contributed by atoms with Crippen molar-refractivity contribution in [2.75, 3.05) is 101 Å². The van der Waals surface area contributed by atoms with Crippen molar-refractivity contribution in [1.82, 2.24) is 89.6 Å². The zero-order valence-corrected chi connectivity index (χ0v) is 88.6. The van der Waals surface area contributed by atoms with Crippen LogP contribution in [0.25, 0.3) is 77.5 Å². The smallest absolute Gasteiger partial charge is 0.489 e. The van der Waals surface area contributed by atoms with Crippen molar-refractivity contribution in [3.63, 3.8) is 0 Å². The number of phenols is 1. The first-order valence-corrected chi connectivity index (χ1v) is 52.7. The van der Waals surface area contributed by atoms with E-state index in [1.54, 1.807) is 103 Å². The zero-order chi connectivity index (χ0) is 97.1. The van der Waals surface area contributed by atoms with Gasteiger partial charge in [0.05, 0.1) is 36.8 Å². The molecule has 15 aromatic rings. The summed E-state index contributed by atoms with van der Waals surface area (Å²) in [7, 11) is -11.9. The summed E-state index contributed by atoms with van der Waals surface area (Å²) in [4.78, 5) is 25.2. The average molecular weight is 2320 g/mol. The molecule has 18 rings (SSSR count). The Bertz CT molecular complexity index is 6930. The van der Waals surface area contributed by atoms with Gasteiger partial charge in [-0.2, -0.15) is 0 Å². The van der Waals surface area contributed by atoms with Crippen molar-refractivity contribution in [2.24, 2.45) is 0 Å². The number of aryl methyl sites for hydroxylation is 7. The molecule has 0 bridgehead atoms. The second-order valence-electron chi connectivity index (χ2n) is 32.8. The van der Waals surface area contributed by atoms with Crippen LogP contribution in [-0.4, -0.2) is 201 Å². The monoisotopic (exact) mass is 2310 g/mol. The second kappa shape index (κ2) is 48.9. The Morgan fingerprint density at radius 1 is 0.350 bits per heavy atom. The number of sulfonamides is 3. The second-order valence-corrected chi connectivity index (χ2v) is 43.4. The van der Waals surface area contributed by atoms with E-state index in [9.17, 15) is 30.4 Å². The minimum Gasteiger partial charge on any atom is -0.508 e. The maximum atomic E-state index is 12.6. The maximum absolute atomic E-state index is 12.6. The number of nitrogens with one attached hydrogen (secondary N) is 5. The molecular weight excluding hydrogens is 2220 g/mol. The van der Waals surface area contributed by atoms with Crippen LogP contribution in [0.1, 0.15) is 77.5 Å². The van der Waals surface area contributed by atoms with Crippen LogP contribution in [0.5, 0.6) is 5.75 Å². The third-order valence-electron chi connectivity index (χ3n) is 22.3. The lowest BCUT2D eigenvalue weighted by Gasteiger charge is -2.15. The van der Waals surface area contributed by atoms with Crippen LogP contribution in [0.4, 0.5) is 35.2 Å². The largest absolute Gasteiger partial charge is 0.508 e. The third kappa shape index (κ3) is 29.7. The number of hydrogen-bond donors (Lipinski definition) is 10. The van der Waals surface area contributed by atoms with Crippen LogP contribution < -0.4 is 41.7 Å². The van der Waals surface area contributed by atoms with Gasteiger partial charge < -0.3 is 52.0 Å². The Balaban J connectivity index is 0.000000156. The summed E-state index contributed by atoms with van der Waals surface area (Å²) in [6.07, 6.45) is 7.16. The molecule has 3 saturated heterocycles. The summed E-state index contributed by atoms with van der Waals surface area (Å²) in [5.74, 6) is 1.24. The van der Waals surface area contributed by atoms with Gasteiger partial charge in [0, 0.05) is 77.5 Å². The molecule has 3 aliphatic heterocycles. The summed E-state index contributed by atoms with van der Waals surface area (Å²) in [6, 6.07) is 58.6. The number of nitrogen functional groups attached to an aromatic ring is 2. The lowest BCUT2D eigenvalue weighted by Crippen LogP contribution is -2.33. The molecule has 0 aliphatic carbocycles. The Hall–Kier alpha value is -9.74. The summed E-state index contributed by atoms with van der Waals surface area (Å²) < 4.78 is 88.0. The van der Waals surface area contributed by atoms with Crippen molar-refractivity contribution in [3.05, 3.63) is 260 Å². The first kappa shape index (κ1) is 106. The minimum absolute atomic E-state index is 0. The topological polar surface area (TPSA) is 440 Å². The fourth-order valence-corrected chi connectivity index (χ4v) is 21.1. The summed E-state index contributed by atoms with van der Waals surface area (Å²) in [6.45, 7) is 23.8. The molecule has 42 heteroatoms. The van der Waals surface area contributed by atoms with Crippen molar-refractivity contribution < 1.29 is 40.4 Å². The molecule has 0 amide bonds. The summed E-state index contributed by atoms with van der Waals surface area (Å²) in [5, 5.41) is 66.6. The number of likely N-dealkylation sites (tertiary alicyclic amines) is 3. The SMILES string of the molecule is Cc1cc(-c2cc(O)ccc2Br)cc2nnc(Nc3ccc(S(=O)(=O)NCCN4CCCC4)cc3)nc12.Cc1cc(Br)cc2nnc(N)nc12.Cc1ccc(Br)c(-c2cc(C)c3nc(N)nnc3c2)c1.Cc1ccc(Br)c(-c2cc(C)c3nc(Nc4ccc(S(=O)(=O)NCCN5CCCC5)cc4)nnc3c2)c1.Cc1ccc(Br)c(B(O)O)c1.Cl.O=S(=O)(NCCN1CCCC1)c1ccc(Br)cc1. The molecule has 3 aliphatic rings. The standard InChI is InChI=1S/C27H29BrN6O2S.C26H27BrN6O3S.C15H13BrN4.C12H17BrN2O2S.C8H7BrN4.C7H8BBrO2.ClH/c1-18-5-10-24(28)23(15-18)20-16-19(2)26-25(17-20)32-33-27(31-26)30-21-6-8-22(9-7-21)37(35,36)29-11-14-34-12-3-4-13-34;1-17-14-18(22-16-20(34)6-9-23(22)27)15-24-25(17)30-26(32-31-24)29-19-4-7-21(8-5-19)37(35,36)28-10-13-33-11-2-3-12-33;1-8-3-4-12(16)11(5-8)10-6-9(2)14-13(7-10)19-20-15(17)18-14;13-11-3-5-12(6-4-11)18(16,17)14-7-10-15-8-1-2-9-15;1-4-2-5(9)3-6-7(4)11-8(10)13-12-6;1-5-2-3-7(9)6(4-5)8(10)11;/h5-10,15-17,29H,3-4,11-14H2,1-2H3,(H,30,31,33);4-9,14-16,28,34H,2-3,10-13H2,1H3,(H,29,30,32);3-7H,1-2H3,(H2,17,18,20);3-6,14H,1-2,7-10H2;2-3H,1H3,(H2,10,11,13);2-4,10-11H,1H3;1H. The number of aromatic hydroxyl groups is 1. The average Bonchev–Trinajstić information content (AvgIpc) is 1.51. The molecule has 7 heterocycles. The van der Waals surface area contributed by atoms with Gasteiger partial charge in [-0.15, -0.1) is 53.2 Å². The fourth-order valence-electron chi connectivity index (χ4n) is 15.3. The molecule has 0 saturated carbocycles. The molecule has 12 N–H and O–H groups in total. The van der Waals surface area contributed by atoms with E-state index in [0.29, 0.717) is 69.8 Å². The van der Waals surface area contributed by atoms with Crippen LogP contribution in [0, 0.1) is 48.5 Å². The van der Waals surface area contributed by atoms with Crippen LogP contribution >= 0.6 is 108 Å². The highest BCUT2D eigenvalue weighted by Gasteiger charge is 2.23. The number of rotatable bonds is 23. The van der Waals surface area contributed by atoms with E-state index in [1.807, 2.05) is 83.1 Å². The van der Waals surface area contributed by atoms with Gasteiger partial charge in [-0.25, -0.2) is 59.4 Å². The number of phenolic OH excluding ortho intramolecular Hbond substituents is 1. The van der Waals surface area contributed by atoms with Gasteiger partial charge in [0.25, 0.3) is 0 Å². The summed E-state index contributed by atoms with van der Waals surface area (Å²) >= 11 is 20.6. The van der Waals surface area contributed by atoms with E-state index in [-0.39, 0.29) is 39.8 Å². The highest BCUT2D eigenvalue weighted by Crippen LogP contribution is 2.38. The van der Waals surface area contributed by atoms with Crippen LogP contribution in [0.2, 0.25) is 0 Å². The molecule has 716 valence electrons. The van der Waals surface area contributed by atoms with E-state index in [2.05, 4.69) is 252 Å². The number of benzene rings is 11. The Morgan fingerprint density at radius 3 is 1.03 bits per heavy atom. The van der Waals surface area contributed by atoms with Gasteiger partial charge >= 0.3 is 7.12 Å². The molecular formula is C95H102BBr6ClN22O9S3. The Labute approximate surface area is 853 Å². The predicted molar refractivity (Wildman–Crippen MR) is 567 cm³/mol. The number of nitrogens with zero attached hydrogens (tertiary/aromatic N) is 15. The van der Waals surface area contributed by atoms with Crippen LogP contribution in [0.15, 0.2) is 236 Å². The van der Waals surface area contributed by atoms with Crippen molar-refractivity contribution in [2.45, 2.75) is 102 Å². The highest BCUT2D eigenvalue weighted by molar-refractivity contribution is 9.11. The van der Waals surface area contributed by atoms with Crippen LogP contribution in [0.3, 0.4) is 0 Å². The number of anilines is 6. The van der Waals surface area contributed by atoms with E-state index in [4.69, 9.17) is 21.5 Å². The number of aromatic nitrogens is 12. The number of hydrogen-bond acceptors (Lipinski definition) is 28. The van der Waals surface area contributed by atoms with Gasteiger partial charge in [-0.05, 0) is 345 Å². The molecule has 3 fully saturated rings. The van der Waals surface area contributed by atoms with Gasteiger partial charge in [0.2, 0.25) is 53.9 Å². The van der Waals surface area contributed by atoms with Crippen LogP contribution in [-0.2, 0) is 30.1 Å². The van der Waals surface area contributed by atoms with Gasteiger partial charge in [-0.3, -0.25) is 0 Å². The molecule has 31 nitrogen and oxygen atoms in total. The highest BCUT2D eigenvalue weighted by atomic mass is 79.9. The minimum atomic E-state index is -3.58. The van der Waals surface area contributed by atoms with Crippen molar-refractivity contribution in [3.8, 4) is 39.1 Å². The van der Waals surface area contributed by atoms with E-state index in [1.165, 1.54) is 49.7 Å². The fraction of sp³-hybridized carbons (Fsp3) is 0.263. The molecule has 11 aromatic carbocycles. The Kier molecular flexibility index (Phi) is 37.9. The van der Waals surface area contributed by atoms with E-state index >= 15 is 0 Å². The lowest BCUT2D eigenvalue weighted by atomic mass is 9.80. The summed E-state index contributed by atoms with van der Waals surface area (Å²) in [5.41, 5.74) is 32.2. The van der Waals surface area contributed by atoms with E-state index in [0.717, 1.165) is 175 Å². The number of fused-ring (bicyclic) bond motifs is 4. The maximum Gasteiger partial charge on any atom is 0.489 e. The van der Waals surface area contributed by atoms with Crippen molar-refractivity contribution >= 4 is 230 Å². The molecule has 0 atom stereocenters. The lowest BCUT2D eigenvalue weighted by molar-refractivity contribution is 0.344. The molecule has 0 spiro atoms. The third-order valence-corrected chi connectivity index (χ3v) is 30.5. The number of nitrogens with two attached hydrogens (primary N) is 2. The van der Waals surface area contributed by atoms with Crippen molar-refractivity contribution in [1.29, 1.82) is 0 Å². The Morgan fingerprint density at radius 2 is 0.664 bits per heavy atom. The molecule has 4 aromatic heterocycles. The van der Waals surface area contributed by atoms with Gasteiger partial charge in [0.15, 0.2) is 0 Å². The molecule has 0 unspecified atom stereocenters. The van der Waals surface area contributed by atoms with Gasteiger partial charge in [0.1, 0.15) is 27.8 Å². The quantitative estimate of drug-likeness (QED) is 0.0266. The predicted octanol–water partition coefficient (Wildman–Crippen LogP) is 17.8. The molecule has 0 radical (unpaired) electrons. The first-order chi connectivity index (χ1) is 65.0.